The van der Waals surface area contributed by atoms with Gasteiger partial charge in [-0.3, -0.25) is 9.59 Å². The first kappa shape index (κ1) is 20.8. The van der Waals surface area contributed by atoms with Crippen molar-refractivity contribution in [1.29, 1.82) is 0 Å². The second kappa shape index (κ2) is 8.15. The van der Waals surface area contributed by atoms with Crippen molar-refractivity contribution < 1.29 is 18.0 Å². The van der Waals surface area contributed by atoms with Crippen LogP contribution < -0.4 is 4.90 Å². The Bertz CT molecular complexity index is 1280. The summed E-state index contributed by atoms with van der Waals surface area (Å²) in [6.45, 7) is 0. The average Bonchev–Trinajstić information content (AvgIpc) is 3.42. The number of sulfonamides is 1. The molecular weight excluding hydrogens is 424 g/mol. The van der Waals surface area contributed by atoms with Gasteiger partial charge in [0.1, 0.15) is 6.04 Å². The Morgan fingerprint density at radius 2 is 1.47 bits per heavy atom. The van der Waals surface area contributed by atoms with Crippen molar-refractivity contribution in [2.45, 2.75) is 49.1 Å². The lowest BCUT2D eigenvalue weighted by Crippen LogP contribution is -2.49. The first-order valence-electron chi connectivity index (χ1n) is 10.9. The van der Waals surface area contributed by atoms with E-state index in [1.807, 2.05) is 24.3 Å². The van der Waals surface area contributed by atoms with Gasteiger partial charge < -0.3 is 0 Å². The molecule has 3 aromatic carbocycles. The number of carbonyl (C=O) groups is 2. The molecule has 1 heterocycles. The normalized spacial score (nSPS) is 20.0. The van der Waals surface area contributed by atoms with Crippen LogP contribution in [0.2, 0.25) is 0 Å². The highest BCUT2D eigenvalue weighted by Gasteiger charge is 2.49. The summed E-state index contributed by atoms with van der Waals surface area (Å²) in [7, 11) is -3.99. The molecule has 1 aliphatic carbocycles. The van der Waals surface area contributed by atoms with Gasteiger partial charge in [-0.05, 0) is 47.9 Å². The quantitative estimate of drug-likeness (QED) is 0.551. The predicted octanol–water partition coefficient (Wildman–Crippen LogP) is 4.11. The number of hydrogen-bond donors (Lipinski definition) is 0. The third-order valence-corrected chi connectivity index (χ3v) is 8.38. The van der Waals surface area contributed by atoms with Crippen LogP contribution in [0.25, 0.3) is 10.8 Å². The van der Waals surface area contributed by atoms with E-state index in [0.717, 1.165) is 28.5 Å². The van der Waals surface area contributed by atoms with Crippen LogP contribution in [0.15, 0.2) is 77.7 Å². The van der Waals surface area contributed by atoms with Gasteiger partial charge in [0.25, 0.3) is 5.91 Å². The first-order valence-corrected chi connectivity index (χ1v) is 12.3. The minimum absolute atomic E-state index is 0.142. The van der Waals surface area contributed by atoms with Crippen molar-refractivity contribution >= 4 is 38.3 Å². The van der Waals surface area contributed by atoms with Crippen molar-refractivity contribution in [3.05, 3.63) is 72.8 Å². The van der Waals surface area contributed by atoms with E-state index in [1.165, 1.54) is 4.31 Å². The molecule has 6 nitrogen and oxygen atoms in total. The zero-order valence-corrected chi connectivity index (χ0v) is 18.4. The number of anilines is 1. The van der Waals surface area contributed by atoms with E-state index in [0.29, 0.717) is 18.5 Å². The Hall–Kier alpha value is -3.03. The molecule has 1 saturated heterocycles. The largest absolute Gasteiger partial charge is 0.274 e. The SMILES string of the molecule is O=C1CC(N(C2CCCC2)S(=O)(=O)c2ccc3ccccc3c2)C(=O)N1c1ccccc1. The standard InChI is InChI=1S/C25H24N2O4S/c28-24-17-23(25(29)26(24)20-10-2-1-3-11-20)27(21-12-6-7-13-21)32(30,31)22-15-14-18-8-4-5-9-19(18)16-22/h1-5,8-11,14-16,21,23H,6-7,12-13,17H2. The number of nitrogens with zero attached hydrogens (tertiary/aromatic N) is 2. The van der Waals surface area contributed by atoms with Gasteiger partial charge in [-0.25, -0.2) is 13.3 Å². The van der Waals surface area contributed by atoms with Gasteiger partial charge in [-0.15, -0.1) is 0 Å². The highest BCUT2D eigenvalue weighted by molar-refractivity contribution is 7.89. The Morgan fingerprint density at radius 1 is 0.812 bits per heavy atom. The maximum atomic E-state index is 13.9. The second-order valence-corrected chi connectivity index (χ2v) is 10.2. The maximum absolute atomic E-state index is 13.9. The molecular formula is C25H24N2O4S. The van der Waals surface area contributed by atoms with Gasteiger partial charge in [0, 0.05) is 6.04 Å². The number of fused-ring (bicyclic) bond motifs is 1. The summed E-state index contributed by atoms with van der Waals surface area (Å²) in [5.74, 6) is -0.847. The van der Waals surface area contributed by atoms with E-state index in [9.17, 15) is 18.0 Å². The molecule has 0 spiro atoms. The number of amides is 2. The molecule has 0 bridgehead atoms. The lowest BCUT2D eigenvalue weighted by molar-refractivity contribution is -0.122. The van der Waals surface area contributed by atoms with E-state index >= 15 is 0 Å². The molecule has 0 N–H and O–H groups in total. The number of carbonyl (C=O) groups excluding carboxylic acids is 2. The molecule has 2 fully saturated rings. The topological polar surface area (TPSA) is 74.8 Å². The molecule has 5 rings (SSSR count). The minimum Gasteiger partial charge on any atom is -0.274 e. The number of imide groups is 1. The Kier molecular flexibility index (Phi) is 5.31. The van der Waals surface area contributed by atoms with Crippen molar-refractivity contribution in [2.75, 3.05) is 4.90 Å². The molecule has 0 radical (unpaired) electrons. The molecule has 1 aliphatic heterocycles. The van der Waals surface area contributed by atoms with Gasteiger partial charge >= 0.3 is 0 Å². The third kappa shape index (κ3) is 3.51. The fourth-order valence-electron chi connectivity index (χ4n) is 4.89. The van der Waals surface area contributed by atoms with Crippen LogP contribution in [0.1, 0.15) is 32.1 Å². The van der Waals surface area contributed by atoms with Gasteiger partial charge in [0.2, 0.25) is 15.9 Å². The molecule has 0 aromatic heterocycles. The second-order valence-electron chi connectivity index (χ2n) is 8.41. The monoisotopic (exact) mass is 448 g/mol. The van der Waals surface area contributed by atoms with Crippen LogP contribution >= 0.6 is 0 Å². The number of hydrogen-bond acceptors (Lipinski definition) is 4. The smallest absolute Gasteiger partial charge is 0.252 e. The van der Waals surface area contributed by atoms with Gasteiger partial charge in [0.15, 0.2) is 0 Å². The summed E-state index contributed by atoms with van der Waals surface area (Å²) in [6, 6.07) is 20.0. The Morgan fingerprint density at radius 3 is 2.19 bits per heavy atom. The first-order chi connectivity index (χ1) is 15.5. The summed E-state index contributed by atoms with van der Waals surface area (Å²) in [4.78, 5) is 27.5. The van der Waals surface area contributed by atoms with Crippen LogP contribution in [0.5, 0.6) is 0 Å². The average molecular weight is 449 g/mol. The molecule has 2 aliphatic rings. The molecule has 32 heavy (non-hydrogen) atoms. The highest BCUT2D eigenvalue weighted by Crippen LogP contribution is 2.36. The van der Waals surface area contributed by atoms with Gasteiger partial charge in [-0.2, -0.15) is 4.31 Å². The third-order valence-electron chi connectivity index (χ3n) is 6.43. The molecule has 2 amide bonds. The van der Waals surface area contributed by atoms with Gasteiger partial charge in [0.05, 0.1) is 17.0 Å². The van der Waals surface area contributed by atoms with Crippen LogP contribution in [0, 0.1) is 0 Å². The maximum Gasteiger partial charge on any atom is 0.252 e. The fraction of sp³-hybridized carbons (Fsp3) is 0.280. The lowest BCUT2D eigenvalue weighted by Gasteiger charge is -2.32. The predicted molar refractivity (Wildman–Crippen MR) is 123 cm³/mol. The molecule has 7 heteroatoms. The van der Waals surface area contributed by atoms with Crippen molar-refractivity contribution in [1.82, 2.24) is 4.31 Å². The van der Waals surface area contributed by atoms with Crippen LogP contribution in [0.3, 0.4) is 0 Å². The molecule has 1 unspecified atom stereocenters. The lowest BCUT2D eigenvalue weighted by atomic mass is 10.1. The van der Waals surface area contributed by atoms with Crippen LogP contribution in [0.4, 0.5) is 5.69 Å². The van der Waals surface area contributed by atoms with Crippen LogP contribution in [-0.4, -0.2) is 36.6 Å². The molecule has 1 atom stereocenters. The molecule has 164 valence electrons. The van der Waals surface area contributed by atoms with Crippen LogP contribution in [-0.2, 0) is 19.6 Å². The van der Waals surface area contributed by atoms with Crippen molar-refractivity contribution in [2.24, 2.45) is 0 Å². The number of para-hydroxylation sites is 1. The summed E-state index contributed by atoms with van der Waals surface area (Å²) in [5.41, 5.74) is 0.472. The van der Waals surface area contributed by atoms with E-state index in [-0.39, 0.29) is 23.3 Å². The van der Waals surface area contributed by atoms with E-state index in [1.54, 1.807) is 48.5 Å². The molecule has 1 saturated carbocycles. The van der Waals surface area contributed by atoms with E-state index in [4.69, 9.17) is 0 Å². The summed E-state index contributed by atoms with van der Waals surface area (Å²) in [6.07, 6.45) is 3.06. The highest BCUT2D eigenvalue weighted by atomic mass is 32.2. The molecule has 3 aromatic rings. The van der Waals surface area contributed by atoms with E-state index < -0.39 is 22.0 Å². The number of benzene rings is 3. The minimum atomic E-state index is -3.99. The zero-order chi connectivity index (χ0) is 22.3. The zero-order valence-electron chi connectivity index (χ0n) is 17.6. The Balaban J connectivity index is 1.57. The summed E-state index contributed by atoms with van der Waals surface area (Å²) in [5, 5.41) is 1.76. The van der Waals surface area contributed by atoms with Crippen molar-refractivity contribution in [3.63, 3.8) is 0 Å². The Labute approximate surface area is 187 Å². The number of rotatable bonds is 5. The summed E-state index contributed by atoms with van der Waals surface area (Å²) < 4.78 is 29.1. The van der Waals surface area contributed by atoms with Gasteiger partial charge in [-0.1, -0.05) is 61.4 Å². The summed E-state index contributed by atoms with van der Waals surface area (Å²) >= 11 is 0. The fourth-order valence-corrected chi connectivity index (χ4v) is 6.75. The van der Waals surface area contributed by atoms with E-state index in [2.05, 4.69) is 0 Å². The van der Waals surface area contributed by atoms with Crippen molar-refractivity contribution in [3.8, 4) is 0 Å².